The topological polar surface area (TPSA) is 64.1 Å². The maximum atomic E-state index is 14.6. The largest absolute Gasteiger partial charge is 0.439 e. The molecule has 0 radical (unpaired) electrons. The molecule has 2 fully saturated rings. The Morgan fingerprint density at radius 2 is 1.72 bits per heavy atom. The Labute approximate surface area is 165 Å². The number of halogens is 2. The molecule has 2 aromatic heterocycles. The molecule has 2 atom stereocenters. The van der Waals surface area contributed by atoms with Crippen molar-refractivity contribution in [2.24, 2.45) is 0 Å². The summed E-state index contributed by atoms with van der Waals surface area (Å²) in [5.74, 6) is -0.549. The van der Waals surface area contributed by atoms with Gasteiger partial charge in [-0.1, -0.05) is 18.2 Å². The van der Waals surface area contributed by atoms with Crippen LogP contribution >= 0.6 is 0 Å². The van der Waals surface area contributed by atoms with E-state index in [2.05, 4.69) is 15.3 Å². The first-order valence-corrected chi connectivity index (χ1v) is 9.43. The summed E-state index contributed by atoms with van der Waals surface area (Å²) in [6, 6.07) is 10.4. The number of hydrogen-bond acceptors (Lipinski definition) is 4. The van der Waals surface area contributed by atoms with Gasteiger partial charge in [0.1, 0.15) is 11.9 Å². The Morgan fingerprint density at radius 1 is 0.966 bits per heavy atom. The Hall–Kier alpha value is -3.35. The fraction of sp³-hybridized carbons (Fsp3) is 0.227. The summed E-state index contributed by atoms with van der Waals surface area (Å²) in [7, 11) is 0. The van der Waals surface area contributed by atoms with Gasteiger partial charge in [0.2, 0.25) is 5.95 Å². The normalized spacial score (nSPS) is 21.0. The molecule has 1 amide bonds. The molecule has 3 aromatic rings. The molecule has 5 nitrogen and oxygen atoms in total. The number of nitrogens with zero attached hydrogens (tertiary/aromatic N) is 2. The third-order valence-corrected chi connectivity index (χ3v) is 5.33. The maximum Gasteiger partial charge on any atom is 0.408 e. The van der Waals surface area contributed by atoms with E-state index in [1.54, 1.807) is 12.3 Å². The van der Waals surface area contributed by atoms with Crippen molar-refractivity contribution in [3.63, 3.8) is 0 Å². The number of amides is 1. The van der Waals surface area contributed by atoms with Gasteiger partial charge in [-0.3, -0.25) is 4.98 Å². The second kappa shape index (κ2) is 6.92. The van der Waals surface area contributed by atoms with E-state index < -0.39 is 30.0 Å². The van der Waals surface area contributed by atoms with Crippen LogP contribution in [-0.2, 0) is 4.74 Å². The smallest absolute Gasteiger partial charge is 0.408 e. The second-order valence-corrected chi connectivity index (χ2v) is 7.35. The molecule has 1 aromatic carbocycles. The van der Waals surface area contributed by atoms with Gasteiger partial charge in [-0.2, -0.15) is 4.39 Å². The van der Waals surface area contributed by atoms with Crippen LogP contribution in [0.25, 0.3) is 11.1 Å². The van der Waals surface area contributed by atoms with Crippen LogP contribution in [-0.4, -0.2) is 16.1 Å². The highest BCUT2D eigenvalue weighted by Gasteiger charge is 2.38. The van der Waals surface area contributed by atoms with Gasteiger partial charge in [0, 0.05) is 40.7 Å². The summed E-state index contributed by atoms with van der Waals surface area (Å²) >= 11 is 0. The molecule has 2 aliphatic rings. The molecule has 0 bridgehead atoms. The molecule has 1 N–H and O–H groups in total. The molecule has 5 rings (SSSR count). The molecule has 1 aliphatic carbocycles. The van der Waals surface area contributed by atoms with Crippen molar-refractivity contribution in [2.75, 3.05) is 0 Å². The van der Waals surface area contributed by atoms with Crippen LogP contribution in [0.3, 0.4) is 0 Å². The summed E-state index contributed by atoms with van der Waals surface area (Å²) < 4.78 is 33.2. The molecule has 29 heavy (non-hydrogen) atoms. The third kappa shape index (κ3) is 3.44. The summed E-state index contributed by atoms with van der Waals surface area (Å²) in [5.41, 5.74) is 3.34. The van der Waals surface area contributed by atoms with Crippen molar-refractivity contribution in [2.45, 2.75) is 30.9 Å². The standard InChI is InChI=1S/C22H17F2N3O2/c23-16-6-3-13(4-7-16)20-19(27-22(28)29-20)17-9-15(11-26-21(17)24)14-5-8-18(25-10-14)12-1-2-12/h3-12,19-20H,1-2H2,(H,27,28)/t19-,20-/m1/s1. The van der Waals surface area contributed by atoms with E-state index in [0.717, 1.165) is 11.3 Å². The van der Waals surface area contributed by atoms with Crippen LogP contribution in [0.4, 0.5) is 13.6 Å². The third-order valence-electron chi connectivity index (χ3n) is 5.33. The molecular weight excluding hydrogens is 376 g/mol. The number of cyclic esters (lactones) is 1. The highest BCUT2D eigenvalue weighted by atomic mass is 19.1. The molecule has 1 saturated heterocycles. The molecule has 0 spiro atoms. The number of carbonyl (C=O) groups is 1. The Bertz CT molecular complexity index is 1070. The summed E-state index contributed by atoms with van der Waals surface area (Å²) in [6.07, 6.45) is 4.08. The first-order chi connectivity index (χ1) is 14.1. The van der Waals surface area contributed by atoms with Gasteiger partial charge in [-0.15, -0.1) is 0 Å². The van der Waals surface area contributed by atoms with Crippen LogP contribution in [0.5, 0.6) is 0 Å². The predicted molar refractivity (Wildman–Crippen MR) is 101 cm³/mol. The maximum absolute atomic E-state index is 14.6. The van der Waals surface area contributed by atoms with Gasteiger partial charge in [-0.25, -0.2) is 14.2 Å². The van der Waals surface area contributed by atoms with Crippen molar-refractivity contribution in [1.82, 2.24) is 15.3 Å². The Balaban J connectivity index is 1.49. The van der Waals surface area contributed by atoms with Crippen LogP contribution in [0, 0.1) is 11.8 Å². The van der Waals surface area contributed by atoms with Gasteiger partial charge in [0.05, 0.1) is 0 Å². The van der Waals surface area contributed by atoms with Crippen molar-refractivity contribution >= 4 is 6.09 Å². The summed E-state index contributed by atoms with van der Waals surface area (Å²) in [4.78, 5) is 20.3. The molecule has 1 saturated carbocycles. The Morgan fingerprint density at radius 3 is 2.41 bits per heavy atom. The first kappa shape index (κ1) is 17.7. The predicted octanol–water partition coefficient (Wildman–Crippen LogP) is 4.82. The molecule has 1 aliphatic heterocycles. The lowest BCUT2D eigenvalue weighted by molar-refractivity contribution is 0.131. The number of carbonyl (C=O) groups excluding carboxylic acids is 1. The van der Waals surface area contributed by atoms with Gasteiger partial charge in [0.15, 0.2) is 6.10 Å². The van der Waals surface area contributed by atoms with Crippen molar-refractivity contribution in [3.05, 3.63) is 83.4 Å². The van der Waals surface area contributed by atoms with Crippen molar-refractivity contribution < 1.29 is 18.3 Å². The SMILES string of the molecule is O=C1N[C@H](c2cc(-c3ccc(C4CC4)nc3)cnc2F)[C@@H](c2ccc(F)cc2)O1. The van der Waals surface area contributed by atoms with Gasteiger partial charge >= 0.3 is 6.09 Å². The molecule has 146 valence electrons. The number of nitrogens with one attached hydrogen (secondary N) is 1. The summed E-state index contributed by atoms with van der Waals surface area (Å²) in [6.45, 7) is 0. The quantitative estimate of drug-likeness (QED) is 0.646. The first-order valence-electron chi connectivity index (χ1n) is 9.43. The average molecular weight is 393 g/mol. The number of pyridine rings is 2. The van der Waals surface area contributed by atoms with E-state index >= 15 is 0 Å². The van der Waals surface area contributed by atoms with Crippen LogP contribution in [0.15, 0.2) is 54.9 Å². The van der Waals surface area contributed by atoms with Crippen LogP contribution in [0.1, 0.15) is 47.7 Å². The molecular formula is C22H17F2N3O2. The van der Waals surface area contributed by atoms with E-state index in [0.29, 0.717) is 17.0 Å². The number of benzene rings is 1. The van der Waals surface area contributed by atoms with E-state index in [-0.39, 0.29) is 5.56 Å². The average Bonchev–Trinajstić information content (AvgIpc) is 3.51. The van der Waals surface area contributed by atoms with E-state index in [9.17, 15) is 13.6 Å². The van der Waals surface area contributed by atoms with Crippen molar-refractivity contribution in [3.8, 4) is 11.1 Å². The number of ether oxygens (including phenoxy) is 1. The van der Waals surface area contributed by atoms with E-state index in [1.165, 1.54) is 43.3 Å². The minimum Gasteiger partial charge on any atom is -0.439 e. The molecule has 0 unspecified atom stereocenters. The minimum absolute atomic E-state index is 0.203. The minimum atomic E-state index is -0.787. The number of aromatic nitrogens is 2. The fourth-order valence-corrected chi connectivity index (χ4v) is 3.61. The number of alkyl carbamates (subject to hydrolysis) is 1. The molecule has 3 heterocycles. The summed E-state index contributed by atoms with van der Waals surface area (Å²) in [5, 5.41) is 2.63. The lowest BCUT2D eigenvalue weighted by atomic mass is 9.95. The fourth-order valence-electron chi connectivity index (χ4n) is 3.61. The monoisotopic (exact) mass is 393 g/mol. The lowest BCUT2D eigenvalue weighted by Crippen LogP contribution is -2.21. The van der Waals surface area contributed by atoms with E-state index in [1.807, 2.05) is 12.1 Å². The zero-order chi connectivity index (χ0) is 20.0. The number of hydrogen-bond donors (Lipinski definition) is 1. The van der Waals surface area contributed by atoms with Crippen LogP contribution in [0.2, 0.25) is 0 Å². The number of rotatable bonds is 4. The van der Waals surface area contributed by atoms with Gasteiger partial charge in [-0.05, 0) is 42.7 Å². The van der Waals surface area contributed by atoms with Crippen LogP contribution < -0.4 is 5.32 Å². The lowest BCUT2D eigenvalue weighted by Gasteiger charge is -2.18. The Kier molecular flexibility index (Phi) is 4.23. The molecule has 7 heteroatoms. The van der Waals surface area contributed by atoms with E-state index in [4.69, 9.17) is 4.74 Å². The van der Waals surface area contributed by atoms with Gasteiger partial charge < -0.3 is 10.1 Å². The highest BCUT2D eigenvalue weighted by molar-refractivity contribution is 5.72. The zero-order valence-corrected chi connectivity index (χ0v) is 15.3. The van der Waals surface area contributed by atoms with Crippen molar-refractivity contribution in [1.29, 1.82) is 0 Å². The second-order valence-electron chi connectivity index (χ2n) is 7.35. The van der Waals surface area contributed by atoms with Gasteiger partial charge in [0.25, 0.3) is 0 Å². The zero-order valence-electron chi connectivity index (χ0n) is 15.3. The highest BCUT2D eigenvalue weighted by Crippen LogP contribution is 2.40.